The molecule has 0 spiro atoms. The molecule has 0 saturated heterocycles. The van der Waals surface area contributed by atoms with Gasteiger partial charge in [-0.1, -0.05) is 0 Å². The van der Waals surface area contributed by atoms with Crippen molar-refractivity contribution in [1.82, 2.24) is 10.2 Å². The van der Waals surface area contributed by atoms with Crippen molar-refractivity contribution in [1.29, 1.82) is 0 Å². The van der Waals surface area contributed by atoms with Gasteiger partial charge in [-0.3, -0.25) is 0 Å². The maximum absolute atomic E-state index is 5.33. The first-order valence-electron chi connectivity index (χ1n) is 5.27. The van der Waals surface area contributed by atoms with Crippen molar-refractivity contribution in [3.63, 3.8) is 0 Å². The summed E-state index contributed by atoms with van der Waals surface area (Å²) >= 11 is 0.132. The van der Waals surface area contributed by atoms with Crippen LogP contribution in [0, 0.1) is 6.92 Å². The molecule has 0 aliphatic carbocycles. The van der Waals surface area contributed by atoms with E-state index in [0.29, 0.717) is 0 Å². The molecular formula is C13H10N2OSe. The van der Waals surface area contributed by atoms with Crippen LogP contribution in [0.3, 0.4) is 0 Å². The van der Waals surface area contributed by atoms with E-state index in [2.05, 4.69) is 41.4 Å². The Morgan fingerprint density at radius 3 is 2.47 bits per heavy atom. The molecule has 0 aliphatic heterocycles. The minimum absolute atomic E-state index is 0.132. The third-order valence-electron chi connectivity index (χ3n) is 2.46. The van der Waals surface area contributed by atoms with E-state index in [1.165, 1.54) is 5.56 Å². The van der Waals surface area contributed by atoms with E-state index in [1.54, 1.807) is 6.26 Å². The molecule has 0 atom stereocenters. The number of hydrogen-bond acceptors (Lipinski definition) is 3. The normalized spacial score (nSPS) is 10.6. The molecule has 0 bridgehead atoms. The predicted octanol–water partition coefficient (Wildman–Crippen LogP) is 2.77. The number of aryl methyl sites for hydroxylation is 1. The zero-order chi connectivity index (χ0) is 11.7. The fraction of sp³-hybridized carbons (Fsp3) is 0.0769. The molecular weight excluding hydrogens is 279 g/mol. The fourth-order valence-corrected chi connectivity index (χ4v) is 3.25. The van der Waals surface area contributed by atoms with Crippen molar-refractivity contribution in [3.8, 4) is 20.5 Å². The molecule has 4 heteroatoms. The van der Waals surface area contributed by atoms with Gasteiger partial charge in [-0.2, -0.15) is 0 Å². The topological polar surface area (TPSA) is 38.9 Å². The summed E-state index contributed by atoms with van der Waals surface area (Å²) in [5.41, 5.74) is 2.41. The van der Waals surface area contributed by atoms with Gasteiger partial charge in [0, 0.05) is 0 Å². The summed E-state index contributed by atoms with van der Waals surface area (Å²) in [7, 11) is 0. The van der Waals surface area contributed by atoms with Crippen LogP contribution in [0.5, 0.6) is 0 Å². The summed E-state index contributed by atoms with van der Waals surface area (Å²) in [5.74, 6) is 0.830. The molecule has 3 rings (SSSR count). The van der Waals surface area contributed by atoms with Gasteiger partial charge < -0.3 is 0 Å². The summed E-state index contributed by atoms with van der Waals surface area (Å²) in [6, 6.07) is 12.2. The molecule has 0 unspecified atom stereocenters. The number of aromatic nitrogens is 2. The van der Waals surface area contributed by atoms with Crippen molar-refractivity contribution in [2.24, 2.45) is 0 Å². The van der Waals surface area contributed by atoms with E-state index >= 15 is 0 Å². The summed E-state index contributed by atoms with van der Waals surface area (Å²) in [5, 5.41) is 8.44. The van der Waals surface area contributed by atoms with E-state index in [1.807, 2.05) is 12.1 Å². The third-order valence-corrected chi connectivity index (χ3v) is 4.53. The summed E-state index contributed by atoms with van der Waals surface area (Å²) in [4.78, 5) is 0. The minimum atomic E-state index is 0.132. The molecule has 1 aromatic carbocycles. The first-order chi connectivity index (χ1) is 8.33. The second-order valence-corrected chi connectivity index (χ2v) is 5.81. The summed E-state index contributed by atoms with van der Waals surface area (Å²) in [6.45, 7) is 2.08. The van der Waals surface area contributed by atoms with Crippen LogP contribution >= 0.6 is 0 Å². The monoisotopic (exact) mass is 290 g/mol. The Morgan fingerprint density at radius 1 is 1.00 bits per heavy atom. The van der Waals surface area contributed by atoms with Crippen molar-refractivity contribution in [2.75, 3.05) is 0 Å². The standard InChI is InChI=1S/C13H10N2OSe/c1-9-4-6-10(7-5-9)12-14-15-13(17-12)11-3-2-8-16-11/h2-8H,1H3. The van der Waals surface area contributed by atoms with Crippen LogP contribution in [0.25, 0.3) is 20.5 Å². The molecule has 0 aliphatic rings. The quantitative estimate of drug-likeness (QED) is 0.681. The molecule has 3 nitrogen and oxygen atoms in total. The van der Waals surface area contributed by atoms with Gasteiger partial charge in [0.1, 0.15) is 0 Å². The molecule has 0 N–H and O–H groups in total. The van der Waals surface area contributed by atoms with Crippen molar-refractivity contribution in [3.05, 3.63) is 48.2 Å². The van der Waals surface area contributed by atoms with Gasteiger partial charge in [0.05, 0.1) is 0 Å². The number of nitrogens with zero attached hydrogens (tertiary/aromatic N) is 2. The molecule has 84 valence electrons. The zero-order valence-electron chi connectivity index (χ0n) is 9.25. The average molecular weight is 289 g/mol. The van der Waals surface area contributed by atoms with Crippen LogP contribution in [0.4, 0.5) is 0 Å². The fourth-order valence-electron chi connectivity index (χ4n) is 1.54. The van der Waals surface area contributed by atoms with Gasteiger partial charge in [-0.05, 0) is 0 Å². The van der Waals surface area contributed by atoms with Crippen LogP contribution in [0.2, 0.25) is 0 Å². The van der Waals surface area contributed by atoms with E-state index in [9.17, 15) is 0 Å². The first kappa shape index (κ1) is 10.5. The Morgan fingerprint density at radius 2 is 1.76 bits per heavy atom. The SMILES string of the molecule is Cc1ccc(-c2nnc(-c3ccco3)[se]2)cc1. The van der Waals surface area contributed by atoms with Crippen LogP contribution in [0.15, 0.2) is 47.1 Å². The van der Waals surface area contributed by atoms with Crippen LogP contribution in [-0.2, 0) is 0 Å². The average Bonchev–Trinajstić information content (AvgIpc) is 3.00. The van der Waals surface area contributed by atoms with Crippen LogP contribution in [-0.4, -0.2) is 24.7 Å². The van der Waals surface area contributed by atoms with Crippen molar-refractivity contribution < 1.29 is 4.42 Å². The Balaban J connectivity index is 1.98. The van der Waals surface area contributed by atoms with E-state index in [4.69, 9.17) is 4.42 Å². The van der Waals surface area contributed by atoms with Gasteiger partial charge in [0.2, 0.25) is 0 Å². The van der Waals surface area contributed by atoms with Gasteiger partial charge >= 0.3 is 105 Å². The first-order valence-corrected chi connectivity index (χ1v) is 6.99. The van der Waals surface area contributed by atoms with Gasteiger partial charge in [0.25, 0.3) is 0 Å². The van der Waals surface area contributed by atoms with Gasteiger partial charge in [-0.25, -0.2) is 0 Å². The van der Waals surface area contributed by atoms with Gasteiger partial charge in [0.15, 0.2) is 0 Å². The third kappa shape index (κ3) is 2.09. The van der Waals surface area contributed by atoms with Crippen molar-refractivity contribution in [2.45, 2.75) is 6.92 Å². The second-order valence-electron chi connectivity index (χ2n) is 3.76. The Kier molecular flexibility index (Phi) is 2.67. The molecule has 0 fully saturated rings. The van der Waals surface area contributed by atoms with E-state index in [-0.39, 0.29) is 14.5 Å². The summed E-state index contributed by atoms with van der Waals surface area (Å²) in [6.07, 6.45) is 1.66. The Bertz CT molecular complexity index is 611. The Hall–Kier alpha value is -1.64. The van der Waals surface area contributed by atoms with E-state index < -0.39 is 0 Å². The van der Waals surface area contributed by atoms with Crippen LogP contribution < -0.4 is 0 Å². The molecule has 2 aromatic heterocycles. The second kappa shape index (κ2) is 4.32. The molecule has 2 heterocycles. The molecule has 17 heavy (non-hydrogen) atoms. The molecule has 0 radical (unpaired) electrons. The number of furan rings is 1. The molecule has 0 amide bonds. The Labute approximate surface area is 105 Å². The number of rotatable bonds is 2. The van der Waals surface area contributed by atoms with Crippen molar-refractivity contribution >= 4 is 14.5 Å². The number of hydrogen-bond donors (Lipinski definition) is 0. The maximum atomic E-state index is 5.33. The number of benzene rings is 1. The molecule has 3 aromatic rings. The van der Waals surface area contributed by atoms with E-state index in [0.717, 1.165) is 20.5 Å². The zero-order valence-corrected chi connectivity index (χ0v) is 11.0. The summed E-state index contributed by atoms with van der Waals surface area (Å²) < 4.78 is 7.35. The molecule has 0 saturated carbocycles. The van der Waals surface area contributed by atoms with Gasteiger partial charge in [-0.15, -0.1) is 0 Å². The van der Waals surface area contributed by atoms with Crippen LogP contribution in [0.1, 0.15) is 5.56 Å². The predicted molar refractivity (Wildman–Crippen MR) is 66.8 cm³/mol.